The first-order valence-corrected chi connectivity index (χ1v) is 27.7. The van der Waals surface area contributed by atoms with Gasteiger partial charge in [-0.15, -0.1) is 0 Å². The molecular weight excluding hydrogens is 769 g/mol. The summed E-state index contributed by atoms with van der Waals surface area (Å²) in [5, 5.41) is 0. The van der Waals surface area contributed by atoms with Gasteiger partial charge in [0.1, 0.15) is 13.2 Å². The molecule has 0 N–H and O–H groups in total. The number of carbonyl (C=O) groups excluding carboxylic acids is 3. The van der Waals surface area contributed by atoms with Gasteiger partial charge in [-0.3, -0.25) is 14.4 Å². The summed E-state index contributed by atoms with van der Waals surface area (Å²) in [7, 11) is 0. The van der Waals surface area contributed by atoms with Crippen molar-refractivity contribution >= 4 is 17.9 Å². The van der Waals surface area contributed by atoms with E-state index in [0.717, 1.165) is 64.2 Å². The normalized spacial score (nSPS) is 12.0. The zero-order valence-corrected chi connectivity index (χ0v) is 41.9. The number of unbranched alkanes of at least 4 members (excludes halogenated alkanes) is 38. The molecule has 0 aliphatic heterocycles. The minimum atomic E-state index is -0.767. The lowest BCUT2D eigenvalue weighted by Gasteiger charge is -2.18. The molecule has 62 heavy (non-hydrogen) atoms. The largest absolute Gasteiger partial charge is 0.462 e. The van der Waals surface area contributed by atoms with E-state index in [2.05, 4.69) is 32.9 Å². The molecule has 1 atom stereocenters. The molecule has 0 unspecified atom stereocenters. The minimum absolute atomic E-state index is 0.0678. The van der Waals surface area contributed by atoms with Crippen LogP contribution in [0.1, 0.15) is 310 Å². The average molecular weight is 875 g/mol. The van der Waals surface area contributed by atoms with Gasteiger partial charge in [-0.2, -0.15) is 0 Å². The van der Waals surface area contributed by atoms with Gasteiger partial charge in [-0.25, -0.2) is 0 Å². The van der Waals surface area contributed by atoms with Crippen molar-refractivity contribution in [1.82, 2.24) is 0 Å². The Bertz CT molecular complexity index is 962. The highest BCUT2D eigenvalue weighted by Crippen LogP contribution is 2.17. The number of hydrogen-bond donors (Lipinski definition) is 0. The van der Waals surface area contributed by atoms with Gasteiger partial charge in [-0.1, -0.05) is 258 Å². The Morgan fingerprint density at radius 3 is 0.823 bits per heavy atom. The molecule has 6 nitrogen and oxygen atoms in total. The molecule has 0 spiro atoms. The molecule has 6 heteroatoms. The number of ether oxygens (including phenoxy) is 3. The van der Waals surface area contributed by atoms with E-state index in [1.165, 1.54) is 205 Å². The van der Waals surface area contributed by atoms with Crippen molar-refractivity contribution in [2.24, 2.45) is 0 Å². The molecule has 0 rings (SSSR count). The maximum atomic E-state index is 12.8. The van der Waals surface area contributed by atoms with Crippen molar-refractivity contribution in [3.8, 4) is 0 Å². The van der Waals surface area contributed by atoms with Gasteiger partial charge in [0.15, 0.2) is 6.10 Å². The lowest BCUT2D eigenvalue weighted by Crippen LogP contribution is -2.30. The van der Waals surface area contributed by atoms with Gasteiger partial charge in [-0.05, 0) is 44.9 Å². The van der Waals surface area contributed by atoms with Crippen molar-refractivity contribution in [3.05, 3.63) is 12.2 Å². The van der Waals surface area contributed by atoms with Gasteiger partial charge in [0, 0.05) is 19.3 Å². The summed E-state index contributed by atoms with van der Waals surface area (Å²) in [5.74, 6) is -0.857. The van der Waals surface area contributed by atoms with Crippen molar-refractivity contribution in [2.75, 3.05) is 13.2 Å². The van der Waals surface area contributed by atoms with Gasteiger partial charge in [0.05, 0.1) is 0 Å². The molecule has 0 aromatic rings. The Hall–Kier alpha value is -1.85. The van der Waals surface area contributed by atoms with Gasteiger partial charge in [0.25, 0.3) is 0 Å². The van der Waals surface area contributed by atoms with E-state index in [-0.39, 0.29) is 31.1 Å². The summed E-state index contributed by atoms with van der Waals surface area (Å²) in [6.45, 7) is 6.66. The quantitative estimate of drug-likeness (QED) is 0.0262. The predicted octanol–water partition coefficient (Wildman–Crippen LogP) is 18.2. The van der Waals surface area contributed by atoms with E-state index in [4.69, 9.17) is 14.2 Å². The van der Waals surface area contributed by atoms with Crippen molar-refractivity contribution in [3.63, 3.8) is 0 Å². The van der Waals surface area contributed by atoms with Crippen LogP contribution in [0.4, 0.5) is 0 Å². The molecular formula is C56H106O6. The number of allylic oxidation sites excluding steroid dienone is 2. The van der Waals surface area contributed by atoms with Gasteiger partial charge >= 0.3 is 17.9 Å². The highest BCUT2D eigenvalue weighted by Gasteiger charge is 2.19. The van der Waals surface area contributed by atoms with Crippen LogP contribution in [0.2, 0.25) is 0 Å². The standard InChI is InChI=1S/C56H106O6/c1-4-7-10-13-16-19-22-25-26-27-28-29-30-32-34-37-40-43-46-49-55(58)61-52-53(51-60-54(57)48-45-42-39-36-33-24-21-18-15-12-9-6-3)62-56(59)50-47-44-41-38-35-31-23-20-17-14-11-8-5-2/h20,23,53H,4-19,21-22,24-52H2,1-3H3/b23-20-/t53-/m0/s1. The third kappa shape index (κ3) is 49.2. The number of esters is 3. The smallest absolute Gasteiger partial charge is 0.306 e. The molecule has 0 radical (unpaired) electrons. The Morgan fingerprint density at radius 1 is 0.306 bits per heavy atom. The molecule has 0 aromatic heterocycles. The Balaban J connectivity index is 4.27. The van der Waals surface area contributed by atoms with E-state index < -0.39 is 6.10 Å². The number of carbonyl (C=O) groups is 3. The molecule has 0 aliphatic carbocycles. The molecule has 0 bridgehead atoms. The van der Waals surface area contributed by atoms with E-state index in [1.54, 1.807) is 0 Å². The van der Waals surface area contributed by atoms with E-state index >= 15 is 0 Å². The average Bonchev–Trinajstić information content (AvgIpc) is 3.27. The first-order valence-electron chi connectivity index (χ1n) is 27.7. The maximum absolute atomic E-state index is 12.8. The van der Waals surface area contributed by atoms with Crippen LogP contribution in [-0.2, 0) is 28.6 Å². The van der Waals surface area contributed by atoms with Gasteiger partial charge in [0.2, 0.25) is 0 Å². The highest BCUT2D eigenvalue weighted by molar-refractivity contribution is 5.71. The highest BCUT2D eigenvalue weighted by atomic mass is 16.6. The minimum Gasteiger partial charge on any atom is -0.462 e. The first kappa shape index (κ1) is 60.2. The lowest BCUT2D eigenvalue weighted by atomic mass is 10.0. The fourth-order valence-corrected chi connectivity index (χ4v) is 8.32. The van der Waals surface area contributed by atoms with Crippen LogP contribution < -0.4 is 0 Å². The number of rotatable bonds is 51. The molecule has 0 amide bonds. The van der Waals surface area contributed by atoms with Crippen molar-refractivity contribution in [2.45, 2.75) is 316 Å². The zero-order chi connectivity index (χ0) is 45.1. The summed E-state index contributed by atoms with van der Waals surface area (Å²) >= 11 is 0. The van der Waals surface area contributed by atoms with Gasteiger partial charge < -0.3 is 14.2 Å². The maximum Gasteiger partial charge on any atom is 0.306 e. The van der Waals surface area contributed by atoms with E-state index in [1.807, 2.05) is 0 Å². The third-order valence-corrected chi connectivity index (χ3v) is 12.5. The summed E-state index contributed by atoms with van der Waals surface area (Å²) in [6, 6.07) is 0. The van der Waals surface area contributed by atoms with Crippen LogP contribution in [-0.4, -0.2) is 37.2 Å². The van der Waals surface area contributed by atoms with Crippen LogP contribution in [0, 0.1) is 0 Å². The van der Waals surface area contributed by atoms with Crippen LogP contribution in [0.5, 0.6) is 0 Å². The van der Waals surface area contributed by atoms with Crippen molar-refractivity contribution in [1.29, 1.82) is 0 Å². The first-order chi connectivity index (χ1) is 30.5. The zero-order valence-electron chi connectivity index (χ0n) is 41.9. The molecule has 0 aromatic carbocycles. The molecule has 0 fully saturated rings. The second kappa shape index (κ2) is 51.8. The Labute approximate surface area is 386 Å². The van der Waals surface area contributed by atoms with Crippen LogP contribution >= 0.6 is 0 Å². The molecule has 0 heterocycles. The van der Waals surface area contributed by atoms with E-state index in [9.17, 15) is 14.4 Å². The monoisotopic (exact) mass is 875 g/mol. The summed E-state index contributed by atoms with van der Waals surface area (Å²) in [6.07, 6.45) is 57.7. The molecule has 0 aliphatic rings. The second-order valence-electron chi connectivity index (χ2n) is 18.9. The second-order valence-corrected chi connectivity index (χ2v) is 18.9. The Morgan fingerprint density at radius 2 is 0.532 bits per heavy atom. The van der Waals surface area contributed by atoms with E-state index in [0.29, 0.717) is 19.3 Å². The number of hydrogen-bond acceptors (Lipinski definition) is 6. The third-order valence-electron chi connectivity index (χ3n) is 12.5. The summed E-state index contributed by atoms with van der Waals surface area (Å²) < 4.78 is 16.8. The topological polar surface area (TPSA) is 78.9 Å². The summed E-state index contributed by atoms with van der Waals surface area (Å²) in [4.78, 5) is 38.0. The predicted molar refractivity (Wildman–Crippen MR) is 266 cm³/mol. The molecule has 0 saturated heterocycles. The fourth-order valence-electron chi connectivity index (χ4n) is 8.32. The summed E-state index contributed by atoms with van der Waals surface area (Å²) in [5.41, 5.74) is 0. The van der Waals surface area contributed by atoms with Crippen molar-refractivity contribution < 1.29 is 28.6 Å². The van der Waals surface area contributed by atoms with Crippen LogP contribution in [0.15, 0.2) is 12.2 Å². The molecule has 366 valence electrons. The fraction of sp³-hybridized carbons (Fsp3) is 0.911. The van der Waals surface area contributed by atoms with Crippen LogP contribution in [0.25, 0.3) is 0 Å². The lowest BCUT2D eigenvalue weighted by molar-refractivity contribution is -0.167. The molecule has 0 saturated carbocycles. The SMILES string of the molecule is CCCCCC/C=C\CCCCCCCC(=O)O[C@@H](COC(=O)CCCCCCCCCCCCCC)COC(=O)CCCCCCCCCCCCCCCCCCCCC. The van der Waals surface area contributed by atoms with Crippen LogP contribution in [0.3, 0.4) is 0 Å². The Kier molecular flexibility index (Phi) is 50.2.